The molecule has 0 bridgehead atoms. The number of anilines is 1. The van der Waals surface area contributed by atoms with Crippen LogP contribution in [0.25, 0.3) is 0 Å². The highest BCUT2D eigenvalue weighted by molar-refractivity contribution is 5.96. The van der Waals surface area contributed by atoms with Crippen LogP contribution in [0, 0.1) is 23.4 Å². The average molecular weight is 405 g/mol. The van der Waals surface area contributed by atoms with E-state index in [4.69, 9.17) is 0 Å². The smallest absolute Gasteiger partial charge is 0.233 e. The standard InChI is InChI=1S/C21H22F3N3O2/c22-15-3-1-13(2-4-15)17(12-26-20(28)14-7-9-25-10-8-14)21(29)27-19-6-5-16(23)11-18(19)24/h1-6,11,14,17,25H,7-10,12H2,(H,26,28)(H,27,29). The first kappa shape index (κ1) is 20.9. The van der Waals surface area contributed by atoms with Crippen LogP contribution in [0.15, 0.2) is 42.5 Å². The lowest BCUT2D eigenvalue weighted by atomic mass is 9.95. The van der Waals surface area contributed by atoms with Crippen LogP contribution in [0.3, 0.4) is 0 Å². The minimum atomic E-state index is -0.907. The van der Waals surface area contributed by atoms with Crippen molar-refractivity contribution in [3.63, 3.8) is 0 Å². The Balaban J connectivity index is 1.74. The van der Waals surface area contributed by atoms with Crippen molar-refractivity contribution >= 4 is 17.5 Å². The van der Waals surface area contributed by atoms with Crippen LogP contribution in [-0.4, -0.2) is 31.4 Å². The average Bonchev–Trinajstić information content (AvgIpc) is 2.72. The molecule has 0 radical (unpaired) electrons. The van der Waals surface area contributed by atoms with E-state index in [-0.39, 0.29) is 24.1 Å². The normalized spacial score (nSPS) is 15.6. The number of rotatable bonds is 6. The molecule has 1 aliphatic heterocycles. The fourth-order valence-corrected chi connectivity index (χ4v) is 3.30. The molecule has 1 saturated heterocycles. The van der Waals surface area contributed by atoms with Gasteiger partial charge in [0.05, 0.1) is 11.6 Å². The van der Waals surface area contributed by atoms with Crippen molar-refractivity contribution < 1.29 is 22.8 Å². The Bertz CT molecular complexity index is 868. The van der Waals surface area contributed by atoms with Gasteiger partial charge in [-0.15, -0.1) is 0 Å². The number of benzene rings is 2. The second kappa shape index (κ2) is 9.56. The lowest BCUT2D eigenvalue weighted by Crippen LogP contribution is -2.41. The number of piperidine rings is 1. The van der Waals surface area contributed by atoms with E-state index in [1.54, 1.807) is 0 Å². The molecule has 29 heavy (non-hydrogen) atoms. The number of halogens is 3. The number of hydrogen-bond acceptors (Lipinski definition) is 3. The zero-order valence-electron chi connectivity index (χ0n) is 15.7. The van der Waals surface area contributed by atoms with Gasteiger partial charge in [0.25, 0.3) is 0 Å². The first-order valence-electron chi connectivity index (χ1n) is 9.44. The summed E-state index contributed by atoms with van der Waals surface area (Å²) in [6, 6.07) is 8.13. The third-order valence-corrected chi connectivity index (χ3v) is 4.97. The summed E-state index contributed by atoms with van der Waals surface area (Å²) in [5, 5.41) is 8.38. The molecule has 5 nitrogen and oxygen atoms in total. The van der Waals surface area contributed by atoms with Gasteiger partial charge in [0, 0.05) is 18.5 Å². The highest BCUT2D eigenvalue weighted by Gasteiger charge is 2.26. The molecule has 2 aromatic rings. The van der Waals surface area contributed by atoms with Gasteiger partial charge in [0.1, 0.15) is 17.5 Å². The summed E-state index contributed by atoms with van der Waals surface area (Å²) in [5.41, 5.74) is 0.297. The van der Waals surface area contributed by atoms with E-state index in [2.05, 4.69) is 16.0 Å². The van der Waals surface area contributed by atoms with E-state index in [1.165, 1.54) is 24.3 Å². The van der Waals surface area contributed by atoms with Crippen LogP contribution in [-0.2, 0) is 9.59 Å². The van der Waals surface area contributed by atoms with Crippen LogP contribution in [0.4, 0.5) is 18.9 Å². The molecule has 154 valence electrons. The predicted octanol–water partition coefficient (Wildman–Crippen LogP) is 2.94. The van der Waals surface area contributed by atoms with Crippen molar-refractivity contribution in [3.05, 3.63) is 65.5 Å². The zero-order valence-corrected chi connectivity index (χ0v) is 15.7. The van der Waals surface area contributed by atoms with Crippen molar-refractivity contribution in [3.8, 4) is 0 Å². The third-order valence-electron chi connectivity index (χ3n) is 4.97. The summed E-state index contributed by atoms with van der Waals surface area (Å²) < 4.78 is 40.3. The number of carbonyl (C=O) groups is 2. The van der Waals surface area contributed by atoms with Crippen LogP contribution >= 0.6 is 0 Å². The molecule has 0 saturated carbocycles. The molecule has 2 aromatic carbocycles. The van der Waals surface area contributed by atoms with E-state index in [0.29, 0.717) is 24.5 Å². The van der Waals surface area contributed by atoms with Gasteiger partial charge in [0.15, 0.2) is 0 Å². The van der Waals surface area contributed by atoms with Crippen molar-refractivity contribution in [2.75, 3.05) is 25.0 Å². The molecule has 1 heterocycles. The summed E-state index contributed by atoms with van der Waals surface area (Å²) >= 11 is 0. The van der Waals surface area contributed by atoms with Crippen molar-refractivity contribution in [2.24, 2.45) is 5.92 Å². The maximum atomic E-state index is 13.9. The second-order valence-corrected chi connectivity index (χ2v) is 6.99. The summed E-state index contributed by atoms with van der Waals surface area (Å²) in [7, 11) is 0. The van der Waals surface area contributed by atoms with Crippen LogP contribution < -0.4 is 16.0 Å². The number of carbonyl (C=O) groups excluding carboxylic acids is 2. The SMILES string of the molecule is O=C(NCC(C(=O)Nc1ccc(F)cc1F)c1ccc(F)cc1)C1CCNCC1. The molecule has 1 fully saturated rings. The van der Waals surface area contributed by atoms with Crippen LogP contribution in [0.1, 0.15) is 24.3 Å². The van der Waals surface area contributed by atoms with Crippen molar-refractivity contribution in [1.82, 2.24) is 10.6 Å². The van der Waals surface area contributed by atoms with Gasteiger partial charge in [-0.25, -0.2) is 13.2 Å². The molecule has 0 spiro atoms. The fraction of sp³-hybridized carbons (Fsp3) is 0.333. The van der Waals surface area contributed by atoms with Gasteiger partial charge in [-0.3, -0.25) is 9.59 Å². The maximum absolute atomic E-state index is 13.9. The Morgan fingerprint density at radius 2 is 1.66 bits per heavy atom. The van der Waals surface area contributed by atoms with Crippen molar-refractivity contribution in [1.29, 1.82) is 0 Å². The van der Waals surface area contributed by atoms with E-state index in [1.807, 2.05) is 0 Å². The molecule has 1 unspecified atom stereocenters. The summed E-state index contributed by atoms with van der Waals surface area (Å²) in [4.78, 5) is 25.2. The summed E-state index contributed by atoms with van der Waals surface area (Å²) in [6.45, 7) is 1.48. The minimum absolute atomic E-state index is 0.0248. The number of amides is 2. The number of hydrogen-bond donors (Lipinski definition) is 3. The summed E-state index contributed by atoms with van der Waals surface area (Å²) in [5.74, 6) is -3.88. The minimum Gasteiger partial charge on any atom is -0.355 e. The van der Waals surface area contributed by atoms with E-state index >= 15 is 0 Å². The van der Waals surface area contributed by atoms with E-state index in [9.17, 15) is 22.8 Å². The lowest BCUT2D eigenvalue weighted by Gasteiger charge is -2.23. The van der Waals surface area contributed by atoms with Gasteiger partial charge >= 0.3 is 0 Å². The molecule has 0 aliphatic carbocycles. The van der Waals surface area contributed by atoms with Crippen LogP contribution in [0.5, 0.6) is 0 Å². The van der Waals surface area contributed by atoms with Gasteiger partial charge < -0.3 is 16.0 Å². The Hall–Kier alpha value is -2.87. The first-order chi connectivity index (χ1) is 13.9. The Morgan fingerprint density at radius 3 is 2.31 bits per heavy atom. The Labute approximate surface area is 166 Å². The molecule has 1 atom stereocenters. The molecule has 0 aromatic heterocycles. The van der Waals surface area contributed by atoms with E-state index in [0.717, 1.165) is 25.2 Å². The number of nitrogens with one attached hydrogen (secondary N) is 3. The Morgan fingerprint density at radius 1 is 1.00 bits per heavy atom. The molecule has 1 aliphatic rings. The Kier molecular flexibility index (Phi) is 6.87. The van der Waals surface area contributed by atoms with Gasteiger partial charge in [-0.2, -0.15) is 0 Å². The highest BCUT2D eigenvalue weighted by atomic mass is 19.1. The topological polar surface area (TPSA) is 70.2 Å². The van der Waals surface area contributed by atoms with Gasteiger partial charge in [-0.05, 0) is 55.8 Å². The summed E-state index contributed by atoms with van der Waals surface area (Å²) in [6.07, 6.45) is 1.42. The molecule has 8 heteroatoms. The third kappa shape index (κ3) is 5.57. The fourth-order valence-electron chi connectivity index (χ4n) is 3.30. The van der Waals surface area contributed by atoms with Crippen molar-refractivity contribution in [2.45, 2.75) is 18.8 Å². The molecule has 3 rings (SSSR count). The highest BCUT2D eigenvalue weighted by Crippen LogP contribution is 2.21. The largest absolute Gasteiger partial charge is 0.355 e. The maximum Gasteiger partial charge on any atom is 0.233 e. The molecule has 3 N–H and O–H groups in total. The monoisotopic (exact) mass is 405 g/mol. The second-order valence-electron chi connectivity index (χ2n) is 6.99. The zero-order chi connectivity index (χ0) is 20.8. The quantitative estimate of drug-likeness (QED) is 0.692. The molecular formula is C21H22F3N3O2. The molecular weight excluding hydrogens is 383 g/mol. The van der Waals surface area contributed by atoms with E-state index < -0.39 is 29.3 Å². The van der Waals surface area contributed by atoms with Gasteiger partial charge in [0.2, 0.25) is 11.8 Å². The first-order valence-corrected chi connectivity index (χ1v) is 9.44. The predicted molar refractivity (Wildman–Crippen MR) is 103 cm³/mol. The van der Waals surface area contributed by atoms with Crippen LogP contribution in [0.2, 0.25) is 0 Å². The lowest BCUT2D eigenvalue weighted by molar-refractivity contribution is -0.126. The van der Waals surface area contributed by atoms with Gasteiger partial charge in [-0.1, -0.05) is 12.1 Å². The molecule has 2 amide bonds.